The van der Waals surface area contributed by atoms with Crippen molar-refractivity contribution in [2.24, 2.45) is 0 Å². The molecule has 13 heteroatoms. The van der Waals surface area contributed by atoms with E-state index in [-0.39, 0.29) is 46.3 Å². The highest BCUT2D eigenvalue weighted by molar-refractivity contribution is 7.92. The minimum absolute atomic E-state index is 0.00151. The van der Waals surface area contributed by atoms with Crippen molar-refractivity contribution in [3.63, 3.8) is 0 Å². The Kier molecular flexibility index (Phi) is 12.2. The van der Waals surface area contributed by atoms with Crippen LogP contribution in [0.4, 0.5) is 10.1 Å². The number of nitrogens with one attached hydrogen (secondary N) is 1. The summed E-state index contributed by atoms with van der Waals surface area (Å²) in [6, 6.07) is 12.8. The minimum Gasteiger partial charge on any atom is -0.493 e. The number of hydrogen-bond acceptors (Lipinski definition) is 6. The van der Waals surface area contributed by atoms with Gasteiger partial charge in [0.15, 0.2) is 11.5 Å². The third kappa shape index (κ3) is 8.43. The third-order valence-corrected chi connectivity index (χ3v) is 10.5. The van der Waals surface area contributed by atoms with E-state index in [0.717, 1.165) is 48.5 Å². The zero-order chi connectivity index (χ0) is 33.4. The molecule has 0 bridgehead atoms. The van der Waals surface area contributed by atoms with Crippen molar-refractivity contribution in [3.05, 3.63) is 82.1 Å². The Morgan fingerprint density at radius 3 is 2.22 bits per heavy atom. The van der Waals surface area contributed by atoms with Gasteiger partial charge in [0, 0.05) is 18.7 Å². The standard InChI is InChI=1S/C33H38Cl2FN3O6S/c1-4-29(33(41)37-24-8-6-5-7-9-24)38(20-22-10-16-27(34)28(35)18-22)32(40)21-39(25-13-11-23(36)12-14-25)46(42,43)26-15-17-30(44-2)31(19-26)45-3/h10-19,24,29H,4-9,20-21H2,1-3H3,(H,37,41). The topological polar surface area (TPSA) is 105 Å². The van der Waals surface area contributed by atoms with Crippen LogP contribution in [-0.2, 0) is 26.2 Å². The van der Waals surface area contributed by atoms with Crippen LogP contribution >= 0.6 is 23.2 Å². The lowest BCUT2D eigenvalue weighted by Gasteiger charge is -2.34. The molecule has 0 saturated heterocycles. The van der Waals surface area contributed by atoms with Gasteiger partial charge in [-0.3, -0.25) is 13.9 Å². The van der Waals surface area contributed by atoms with Crippen molar-refractivity contribution < 1.29 is 31.9 Å². The average molecular weight is 695 g/mol. The summed E-state index contributed by atoms with van der Waals surface area (Å²) >= 11 is 12.4. The number of hydrogen-bond donors (Lipinski definition) is 1. The molecule has 0 heterocycles. The lowest BCUT2D eigenvalue weighted by molar-refractivity contribution is -0.140. The van der Waals surface area contributed by atoms with E-state index in [1.54, 1.807) is 25.1 Å². The Labute approximate surface area is 279 Å². The monoisotopic (exact) mass is 693 g/mol. The van der Waals surface area contributed by atoms with Gasteiger partial charge in [-0.05, 0) is 73.4 Å². The van der Waals surface area contributed by atoms with Crippen molar-refractivity contribution in [2.45, 2.75) is 69.0 Å². The second-order valence-corrected chi connectivity index (χ2v) is 13.7. The Balaban J connectivity index is 1.74. The van der Waals surface area contributed by atoms with E-state index >= 15 is 0 Å². The van der Waals surface area contributed by atoms with Crippen molar-refractivity contribution in [3.8, 4) is 11.5 Å². The molecular formula is C33H38Cl2FN3O6S. The molecule has 0 aliphatic heterocycles. The molecule has 1 unspecified atom stereocenters. The van der Waals surface area contributed by atoms with Crippen LogP contribution in [0.1, 0.15) is 51.0 Å². The molecule has 1 N–H and O–H groups in total. The summed E-state index contributed by atoms with van der Waals surface area (Å²) in [5, 5.41) is 3.70. The van der Waals surface area contributed by atoms with Gasteiger partial charge in [-0.15, -0.1) is 0 Å². The summed E-state index contributed by atoms with van der Waals surface area (Å²) in [7, 11) is -1.63. The van der Waals surface area contributed by atoms with Gasteiger partial charge in [0.2, 0.25) is 11.8 Å². The molecule has 1 saturated carbocycles. The summed E-state index contributed by atoms with van der Waals surface area (Å²) in [6.45, 7) is 1.06. The van der Waals surface area contributed by atoms with E-state index in [1.165, 1.54) is 49.5 Å². The van der Waals surface area contributed by atoms with Gasteiger partial charge in [0.25, 0.3) is 10.0 Å². The van der Waals surface area contributed by atoms with Crippen LogP contribution in [0.5, 0.6) is 11.5 Å². The maximum Gasteiger partial charge on any atom is 0.264 e. The second kappa shape index (κ2) is 15.8. The summed E-state index contributed by atoms with van der Waals surface area (Å²) in [4.78, 5) is 29.2. The van der Waals surface area contributed by atoms with Crippen LogP contribution in [0.25, 0.3) is 0 Å². The molecule has 1 atom stereocenters. The molecule has 4 rings (SSSR count). The van der Waals surface area contributed by atoms with E-state index < -0.39 is 34.3 Å². The molecule has 0 radical (unpaired) electrons. The van der Waals surface area contributed by atoms with Gasteiger partial charge in [0.1, 0.15) is 18.4 Å². The maximum atomic E-state index is 14.3. The highest BCUT2D eigenvalue weighted by Gasteiger charge is 2.35. The molecule has 1 aliphatic carbocycles. The Morgan fingerprint density at radius 1 is 0.935 bits per heavy atom. The number of methoxy groups -OCH3 is 2. The fourth-order valence-electron chi connectivity index (χ4n) is 5.54. The van der Waals surface area contributed by atoms with Crippen LogP contribution in [0.15, 0.2) is 65.6 Å². The molecule has 1 fully saturated rings. The number of benzene rings is 3. The number of ether oxygens (including phenoxy) is 2. The molecule has 0 aromatic heterocycles. The summed E-state index contributed by atoms with van der Waals surface area (Å²) in [5.41, 5.74) is 0.654. The van der Waals surface area contributed by atoms with Gasteiger partial charge in [-0.25, -0.2) is 12.8 Å². The Bertz CT molecular complexity index is 1630. The van der Waals surface area contributed by atoms with Crippen LogP contribution in [0, 0.1) is 5.82 Å². The zero-order valence-electron chi connectivity index (χ0n) is 26.0. The first-order valence-electron chi connectivity index (χ1n) is 15.0. The molecule has 2 amide bonds. The largest absolute Gasteiger partial charge is 0.493 e. The SMILES string of the molecule is CCC(C(=O)NC1CCCCC1)N(Cc1ccc(Cl)c(Cl)c1)C(=O)CN(c1ccc(F)cc1)S(=O)(=O)c1ccc(OC)c(OC)c1. The first-order chi connectivity index (χ1) is 22.0. The van der Waals surface area contributed by atoms with Crippen molar-refractivity contribution in [1.29, 1.82) is 0 Å². The molecule has 248 valence electrons. The van der Waals surface area contributed by atoms with Gasteiger partial charge in [0.05, 0.1) is 34.8 Å². The van der Waals surface area contributed by atoms with Crippen LogP contribution in [0.3, 0.4) is 0 Å². The number of halogens is 3. The van der Waals surface area contributed by atoms with Crippen LogP contribution in [0.2, 0.25) is 10.0 Å². The maximum absolute atomic E-state index is 14.3. The van der Waals surface area contributed by atoms with E-state index in [0.29, 0.717) is 16.3 Å². The summed E-state index contributed by atoms with van der Waals surface area (Å²) < 4.78 is 53.7. The highest BCUT2D eigenvalue weighted by Crippen LogP contribution is 2.33. The molecule has 0 spiro atoms. The molecule has 1 aliphatic rings. The summed E-state index contributed by atoms with van der Waals surface area (Å²) in [5.74, 6) is -1.07. The lowest BCUT2D eigenvalue weighted by Crippen LogP contribution is -2.54. The molecule has 9 nitrogen and oxygen atoms in total. The number of anilines is 1. The Morgan fingerprint density at radius 2 is 1.61 bits per heavy atom. The quantitative estimate of drug-likeness (QED) is 0.216. The number of amides is 2. The molecule has 3 aromatic rings. The number of nitrogens with zero attached hydrogens (tertiary/aromatic N) is 2. The number of sulfonamides is 1. The van der Waals surface area contributed by atoms with Crippen LogP contribution < -0.4 is 19.1 Å². The molecule has 3 aromatic carbocycles. The first-order valence-corrected chi connectivity index (χ1v) is 17.2. The van der Waals surface area contributed by atoms with E-state index in [2.05, 4.69) is 5.32 Å². The zero-order valence-corrected chi connectivity index (χ0v) is 28.3. The first kappa shape index (κ1) is 35.3. The number of carbonyl (C=O) groups excluding carboxylic acids is 2. The molecular weight excluding hydrogens is 656 g/mol. The van der Waals surface area contributed by atoms with Gasteiger partial charge in [-0.1, -0.05) is 55.5 Å². The number of carbonyl (C=O) groups is 2. The average Bonchev–Trinajstić information content (AvgIpc) is 3.05. The van der Waals surface area contributed by atoms with Crippen molar-refractivity contribution in [1.82, 2.24) is 10.2 Å². The lowest BCUT2D eigenvalue weighted by atomic mass is 9.95. The van der Waals surface area contributed by atoms with Gasteiger partial charge >= 0.3 is 0 Å². The summed E-state index contributed by atoms with van der Waals surface area (Å²) in [6.07, 6.45) is 5.10. The van der Waals surface area contributed by atoms with E-state index in [1.807, 2.05) is 0 Å². The second-order valence-electron chi connectivity index (χ2n) is 11.0. The minimum atomic E-state index is -4.42. The van der Waals surface area contributed by atoms with Crippen LogP contribution in [-0.4, -0.2) is 58.0 Å². The van der Waals surface area contributed by atoms with Gasteiger partial charge in [-0.2, -0.15) is 0 Å². The number of rotatable bonds is 13. The van der Waals surface area contributed by atoms with Crippen molar-refractivity contribution >= 4 is 50.7 Å². The third-order valence-electron chi connectivity index (χ3n) is 8.01. The van der Waals surface area contributed by atoms with Gasteiger partial charge < -0.3 is 19.7 Å². The smallest absolute Gasteiger partial charge is 0.264 e. The molecule has 46 heavy (non-hydrogen) atoms. The fraction of sp³-hybridized carbons (Fsp3) is 0.394. The fourth-order valence-corrected chi connectivity index (χ4v) is 7.29. The van der Waals surface area contributed by atoms with E-state index in [9.17, 15) is 22.4 Å². The Hall–Kier alpha value is -3.54. The predicted octanol–water partition coefficient (Wildman–Crippen LogP) is 6.60. The van der Waals surface area contributed by atoms with E-state index in [4.69, 9.17) is 32.7 Å². The predicted molar refractivity (Wildman–Crippen MR) is 177 cm³/mol. The highest BCUT2D eigenvalue weighted by atomic mass is 35.5. The normalized spacial score (nSPS) is 14.3. The van der Waals surface area contributed by atoms with Crippen molar-refractivity contribution in [2.75, 3.05) is 25.1 Å².